The Labute approximate surface area is 110 Å². The summed E-state index contributed by atoms with van der Waals surface area (Å²) in [5.41, 5.74) is 0. The van der Waals surface area contributed by atoms with Crippen LogP contribution in [0.25, 0.3) is 0 Å². The summed E-state index contributed by atoms with van der Waals surface area (Å²) in [6.07, 6.45) is 1.72. The minimum absolute atomic E-state index is 0.125. The molecule has 1 unspecified atom stereocenters. The highest BCUT2D eigenvalue weighted by atomic mass is 19.2. The van der Waals surface area contributed by atoms with Gasteiger partial charge in [-0.05, 0) is 12.8 Å². The Bertz CT molecular complexity index is 539. The zero-order valence-electron chi connectivity index (χ0n) is 10.0. The Balaban J connectivity index is 2.14. The second-order valence-electron chi connectivity index (χ2n) is 4.33. The topological polar surface area (TPSA) is 45.0 Å². The van der Waals surface area contributed by atoms with Gasteiger partial charge < -0.3 is 4.74 Å². The van der Waals surface area contributed by atoms with Crippen LogP contribution in [0.1, 0.15) is 12.8 Å². The van der Waals surface area contributed by atoms with E-state index in [1.54, 1.807) is 6.07 Å². The molecule has 1 atom stereocenters. The van der Waals surface area contributed by atoms with Crippen molar-refractivity contribution in [2.45, 2.75) is 24.9 Å². The van der Waals surface area contributed by atoms with Crippen molar-refractivity contribution < 1.29 is 26.7 Å². The van der Waals surface area contributed by atoms with E-state index in [9.17, 15) is 22.0 Å². The average Bonchev–Trinajstić information content (AvgIpc) is 3.25. The molecule has 8 heteroatoms. The standard InChI is InChI=1S/C12H9F5N2O/c13-7-8(14)10(16)12(11(17)9(7)15)20-4-6(3-18)19-5-1-2-5/h5-6,19H,1-2,4H2. The fraction of sp³-hybridized carbons (Fsp3) is 0.417. The number of rotatable bonds is 5. The summed E-state index contributed by atoms with van der Waals surface area (Å²) >= 11 is 0. The van der Waals surface area contributed by atoms with Crippen LogP contribution in [0.15, 0.2) is 0 Å². The van der Waals surface area contributed by atoms with Gasteiger partial charge in [-0.25, -0.2) is 13.2 Å². The molecule has 1 aliphatic rings. The van der Waals surface area contributed by atoms with Gasteiger partial charge in [-0.15, -0.1) is 0 Å². The molecule has 0 saturated heterocycles. The van der Waals surface area contributed by atoms with Gasteiger partial charge in [0.25, 0.3) is 0 Å². The smallest absolute Gasteiger partial charge is 0.206 e. The molecule has 1 N–H and O–H groups in total. The van der Waals surface area contributed by atoms with Gasteiger partial charge in [-0.2, -0.15) is 14.0 Å². The number of nitriles is 1. The number of halogens is 5. The van der Waals surface area contributed by atoms with Crippen molar-refractivity contribution >= 4 is 0 Å². The third-order valence-electron chi connectivity index (χ3n) is 2.73. The molecule has 1 fully saturated rings. The average molecular weight is 292 g/mol. The molecule has 2 rings (SSSR count). The van der Waals surface area contributed by atoms with Gasteiger partial charge in [-0.1, -0.05) is 0 Å². The van der Waals surface area contributed by atoms with Gasteiger partial charge in [0.2, 0.25) is 29.1 Å². The van der Waals surface area contributed by atoms with Gasteiger partial charge in [-0.3, -0.25) is 5.32 Å². The van der Waals surface area contributed by atoms with E-state index in [-0.39, 0.29) is 6.04 Å². The van der Waals surface area contributed by atoms with Crippen LogP contribution in [0, 0.1) is 40.4 Å². The van der Waals surface area contributed by atoms with Crippen molar-refractivity contribution in [3.05, 3.63) is 29.1 Å². The summed E-state index contributed by atoms with van der Waals surface area (Å²) in [7, 11) is 0. The van der Waals surface area contributed by atoms with Crippen LogP contribution in [0.2, 0.25) is 0 Å². The molecular formula is C12H9F5N2O. The van der Waals surface area contributed by atoms with Crippen LogP contribution in [-0.2, 0) is 0 Å². The van der Waals surface area contributed by atoms with Crippen molar-refractivity contribution in [1.29, 1.82) is 5.26 Å². The van der Waals surface area contributed by atoms with E-state index in [2.05, 4.69) is 10.1 Å². The molecule has 1 aliphatic carbocycles. The Morgan fingerprint density at radius 1 is 1.05 bits per heavy atom. The minimum atomic E-state index is -2.25. The maximum absolute atomic E-state index is 13.3. The number of nitrogens with one attached hydrogen (secondary N) is 1. The van der Waals surface area contributed by atoms with Gasteiger partial charge in [0, 0.05) is 6.04 Å². The van der Waals surface area contributed by atoms with Crippen molar-refractivity contribution in [2.75, 3.05) is 6.61 Å². The van der Waals surface area contributed by atoms with E-state index in [0.717, 1.165) is 12.8 Å². The number of ether oxygens (including phenoxy) is 1. The van der Waals surface area contributed by atoms with Crippen molar-refractivity contribution in [1.82, 2.24) is 5.32 Å². The fourth-order valence-electron chi connectivity index (χ4n) is 1.54. The molecule has 0 bridgehead atoms. The molecule has 0 aliphatic heterocycles. The highest BCUT2D eigenvalue weighted by Gasteiger charge is 2.29. The summed E-state index contributed by atoms with van der Waals surface area (Å²) in [6.45, 7) is -0.522. The SMILES string of the molecule is N#CC(COc1c(F)c(F)c(F)c(F)c1F)NC1CC1. The third kappa shape index (κ3) is 2.82. The Morgan fingerprint density at radius 2 is 1.55 bits per heavy atom. The highest BCUT2D eigenvalue weighted by Crippen LogP contribution is 2.29. The van der Waals surface area contributed by atoms with Crippen LogP contribution in [-0.4, -0.2) is 18.7 Å². The Hall–Kier alpha value is -1.88. The van der Waals surface area contributed by atoms with E-state index in [0.29, 0.717) is 0 Å². The molecule has 108 valence electrons. The molecule has 1 aromatic rings. The number of hydrogen-bond acceptors (Lipinski definition) is 3. The van der Waals surface area contributed by atoms with E-state index in [4.69, 9.17) is 5.26 Å². The number of hydrogen-bond donors (Lipinski definition) is 1. The van der Waals surface area contributed by atoms with Crippen molar-refractivity contribution in [3.8, 4) is 11.8 Å². The first kappa shape index (κ1) is 14.5. The van der Waals surface area contributed by atoms with E-state index < -0.39 is 47.5 Å². The first-order valence-corrected chi connectivity index (χ1v) is 5.75. The maximum atomic E-state index is 13.3. The quantitative estimate of drug-likeness (QED) is 0.515. The molecule has 20 heavy (non-hydrogen) atoms. The molecule has 0 spiro atoms. The van der Waals surface area contributed by atoms with E-state index in [1.807, 2.05) is 0 Å². The second-order valence-corrected chi connectivity index (χ2v) is 4.33. The predicted molar refractivity (Wildman–Crippen MR) is 57.3 cm³/mol. The van der Waals surface area contributed by atoms with Gasteiger partial charge in [0.05, 0.1) is 6.07 Å². The summed E-state index contributed by atoms with van der Waals surface area (Å²) in [6, 6.07) is 1.01. The van der Waals surface area contributed by atoms with E-state index >= 15 is 0 Å². The fourth-order valence-corrected chi connectivity index (χ4v) is 1.54. The monoisotopic (exact) mass is 292 g/mol. The van der Waals surface area contributed by atoms with Crippen molar-refractivity contribution in [2.24, 2.45) is 0 Å². The summed E-state index contributed by atoms with van der Waals surface area (Å²) < 4.78 is 69.8. The minimum Gasteiger partial charge on any atom is -0.485 e. The summed E-state index contributed by atoms with van der Waals surface area (Å²) in [5.74, 6) is -11.9. The van der Waals surface area contributed by atoms with Crippen LogP contribution in [0.5, 0.6) is 5.75 Å². The molecule has 0 radical (unpaired) electrons. The largest absolute Gasteiger partial charge is 0.485 e. The lowest BCUT2D eigenvalue weighted by molar-refractivity contribution is 0.245. The zero-order chi connectivity index (χ0) is 14.9. The highest BCUT2D eigenvalue weighted by molar-refractivity contribution is 5.29. The van der Waals surface area contributed by atoms with Crippen LogP contribution >= 0.6 is 0 Å². The molecule has 3 nitrogen and oxygen atoms in total. The third-order valence-corrected chi connectivity index (χ3v) is 2.73. The first-order valence-electron chi connectivity index (χ1n) is 5.75. The second kappa shape index (κ2) is 5.63. The maximum Gasteiger partial charge on any atom is 0.206 e. The molecule has 0 aromatic heterocycles. The van der Waals surface area contributed by atoms with Crippen LogP contribution in [0.3, 0.4) is 0 Å². The molecule has 0 amide bonds. The number of benzene rings is 1. The lowest BCUT2D eigenvalue weighted by Gasteiger charge is -2.14. The van der Waals surface area contributed by atoms with E-state index in [1.165, 1.54) is 0 Å². The van der Waals surface area contributed by atoms with Gasteiger partial charge in [0.1, 0.15) is 12.6 Å². The first-order chi connectivity index (χ1) is 9.45. The normalized spacial score (nSPS) is 15.8. The molecule has 1 aromatic carbocycles. The Kier molecular flexibility index (Phi) is 4.09. The lowest BCUT2D eigenvalue weighted by Crippen LogP contribution is -2.35. The van der Waals surface area contributed by atoms with Gasteiger partial charge >= 0.3 is 0 Å². The van der Waals surface area contributed by atoms with Crippen molar-refractivity contribution in [3.63, 3.8) is 0 Å². The molecular weight excluding hydrogens is 283 g/mol. The summed E-state index contributed by atoms with van der Waals surface area (Å²) in [5, 5.41) is 11.6. The van der Waals surface area contributed by atoms with Crippen LogP contribution in [0.4, 0.5) is 22.0 Å². The van der Waals surface area contributed by atoms with Crippen LogP contribution < -0.4 is 10.1 Å². The lowest BCUT2D eigenvalue weighted by atomic mass is 10.2. The molecule has 1 saturated carbocycles. The number of nitrogens with zero attached hydrogens (tertiary/aromatic N) is 1. The zero-order valence-corrected chi connectivity index (χ0v) is 10.0. The Morgan fingerprint density at radius 3 is 2.00 bits per heavy atom. The predicted octanol–water partition coefficient (Wildman–Crippen LogP) is 2.41. The summed E-state index contributed by atoms with van der Waals surface area (Å²) in [4.78, 5) is 0. The molecule has 0 heterocycles. The van der Waals surface area contributed by atoms with Gasteiger partial charge in [0.15, 0.2) is 5.75 Å².